The molecule has 0 saturated carbocycles. The summed E-state index contributed by atoms with van der Waals surface area (Å²) in [4.78, 5) is 21.6. The van der Waals surface area contributed by atoms with Gasteiger partial charge in [-0.15, -0.1) is 0 Å². The molecular formula is C18H13ClF4N4O. The Bertz CT molecular complexity index is 1040. The molecule has 0 aliphatic heterocycles. The lowest BCUT2D eigenvalue weighted by Gasteiger charge is -2.19. The molecule has 0 atom stereocenters. The van der Waals surface area contributed by atoms with Gasteiger partial charge in [0.1, 0.15) is 18.0 Å². The molecule has 1 N–H and O–H groups in total. The minimum Gasteiger partial charge on any atom is -0.350 e. The van der Waals surface area contributed by atoms with Crippen molar-refractivity contribution in [2.24, 2.45) is 0 Å². The fraction of sp³-hybridized carbons (Fsp3) is 0.167. The second-order valence-electron chi connectivity index (χ2n) is 5.93. The maximum Gasteiger partial charge on any atom is 0.417 e. The fourth-order valence-corrected chi connectivity index (χ4v) is 2.88. The number of hydrogen-bond donors (Lipinski definition) is 1. The number of hydrogen-bond acceptors (Lipinski definition) is 4. The van der Waals surface area contributed by atoms with Crippen LogP contribution in [0, 0.1) is 5.82 Å². The summed E-state index contributed by atoms with van der Waals surface area (Å²) in [5, 5.41) is 2.05. The van der Waals surface area contributed by atoms with E-state index in [1.54, 1.807) is 6.07 Å². The number of rotatable bonds is 4. The van der Waals surface area contributed by atoms with Crippen LogP contribution in [0.2, 0.25) is 5.02 Å². The number of nitrogens with zero attached hydrogens (tertiary/aromatic N) is 3. The quantitative estimate of drug-likeness (QED) is 0.640. The minimum atomic E-state index is -4.65. The first-order chi connectivity index (χ1) is 13.2. The van der Waals surface area contributed by atoms with E-state index in [1.165, 1.54) is 36.5 Å². The molecule has 3 rings (SSSR count). The van der Waals surface area contributed by atoms with E-state index in [1.807, 2.05) is 0 Å². The summed E-state index contributed by atoms with van der Waals surface area (Å²) in [6.07, 6.45) is -3.41. The van der Waals surface area contributed by atoms with Crippen LogP contribution in [0.5, 0.6) is 0 Å². The van der Waals surface area contributed by atoms with Gasteiger partial charge in [0, 0.05) is 12.7 Å². The minimum absolute atomic E-state index is 0.0612. The Hall–Kier alpha value is -2.94. The molecule has 1 aromatic heterocycles. The van der Waals surface area contributed by atoms with Crippen molar-refractivity contribution >= 4 is 39.9 Å². The van der Waals surface area contributed by atoms with E-state index in [0.717, 1.165) is 12.1 Å². The number of amides is 1. The molecule has 5 nitrogen and oxygen atoms in total. The number of benzene rings is 2. The number of alkyl halides is 3. The number of aromatic nitrogens is 2. The van der Waals surface area contributed by atoms with Gasteiger partial charge >= 0.3 is 6.18 Å². The van der Waals surface area contributed by atoms with Gasteiger partial charge in [-0.25, -0.2) is 14.4 Å². The normalized spacial score (nSPS) is 11.5. The van der Waals surface area contributed by atoms with Crippen molar-refractivity contribution in [3.63, 3.8) is 0 Å². The van der Waals surface area contributed by atoms with Crippen LogP contribution in [0.1, 0.15) is 5.56 Å². The highest BCUT2D eigenvalue weighted by molar-refractivity contribution is 6.31. The molecule has 0 radical (unpaired) electrons. The standard InChI is InChI=1S/C18H13ClF4N4O/c1-27(17-16-13(20)3-2-4-14(16)24-9-25-17)8-15(28)26-10-5-6-12(19)11(7-10)18(21,22)23/h2-7,9H,8H2,1H3,(H,26,28). The van der Waals surface area contributed by atoms with Crippen molar-refractivity contribution in [3.8, 4) is 0 Å². The second-order valence-corrected chi connectivity index (χ2v) is 6.34. The van der Waals surface area contributed by atoms with Gasteiger partial charge in [-0.3, -0.25) is 4.79 Å². The Morgan fingerprint density at radius 1 is 1.21 bits per heavy atom. The predicted octanol–water partition coefficient (Wildman–Crippen LogP) is 4.52. The smallest absolute Gasteiger partial charge is 0.350 e. The molecule has 10 heteroatoms. The van der Waals surface area contributed by atoms with Gasteiger partial charge in [-0.05, 0) is 30.3 Å². The molecule has 0 spiro atoms. The molecule has 0 fully saturated rings. The Morgan fingerprint density at radius 3 is 2.68 bits per heavy atom. The van der Waals surface area contributed by atoms with E-state index >= 15 is 0 Å². The van der Waals surface area contributed by atoms with Crippen LogP contribution in [-0.4, -0.2) is 29.5 Å². The average molecular weight is 413 g/mol. The molecule has 1 heterocycles. The summed E-state index contributed by atoms with van der Waals surface area (Å²) in [5.74, 6) is -0.973. The molecule has 146 valence electrons. The molecule has 1 amide bonds. The van der Waals surface area contributed by atoms with Crippen molar-refractivity contribution in [2.75, 3.05) is 23.8 Å². The topological polar surface area (TPSA) is 58.1 Å². The number of carbonyl (C=O) groups excluding carboxylic acids is 1. The van der Waals surface area contributed by atoms with Crippen molar-refractivity contribution in [1.29, 1.82) is 0 Å². The molecule has 0 saturated heterocycles. The van der Waals surface area contributed by atoms with Gasteiger partial charge in [0.25, 0.3) is 0 Å². The van der Waals surface area contributed by atoms with E-state index < -0.39 is 28.5 Å². The summed E-state index contributed by atoms with van der Waals surface area (Å²) in [7, 11) is 1.51. The van der Waals surface area contributed by atoms with Crippen LogP contribution in [0.15, 0.2) is 42.7 Å². The zero-order valence-electron chi connectivity index (χ0n) is 14.4. The monoisotopic (exact) mass is 412 g/mol. The predicted molar refractivity (Wildman–Crippen MR) is 97.8 cm³/mol. The van der Waals surface area contributed by atoms with E-state index in [9.17, 15) is 22.4 Å². The van der Waals surface area contributed by atoms with E-state index in [4.69, 9.17) is 11.6 Å². The van der Waals surface area contributed by atoms with Crippen LogP contribution in [0.4, 0.5) is 29.1 Å². The van der Waals surface area contributed by atoms with E-state index in [2.05, 4.69) is 15.3 Å². The van der Waals surface area contributed by atoms with Crippen LogP contribution < -0.4 is 10.2 Å². The highest BCUT2D eigenvalue weighted by atomic mass is 35.5. The highest BCUT2D eigenvalue weighted by Crippen LogP contribution is 2.36. The lowest BCUT2D eigenvalue weighted by molar-refractivity contribution is -0.137. The number of likely N-dealkylation sites (N-methyl/N-ethyl adjacent to an activating group) is 1. The lowest BCUT2D eigenvalue weighted by Crippen LogP contribution is -2.31. The first-order valence-electron chi connectivity index (χ1n) is 7.94. The molecule has 2 aromatic carbocycles. The van der Waals surface area contributed by atoms with Gasteiger partial charge in [-0.2, -0.15) is 13.2 Å². The van der Waals surface area contributed by atoms with Crippen molar-refractivity contribution in [3.05, 3.63) is 59.1 Å². The first-order valence-corrected chi connectivity index (χ1v) is 8.31. The third-order valence-electron chi connectivity index (χ3n) is 3.89. The van der Waals surface area contributed by atoms with Gasteiger partial charge in [0.05, 0.1) is 28.0 Å². The van der Waals surface area contributed by atoms with E-state index in [0.29, 0.717) is 5.52 Å². The summed E-state index contributed by atoms with van der Waals surface area (Å²) >= 11 is 5.56. The number of nitrogens with one attached hydrogen (secondary N) is 1. The Balaban J connectivity index is 1.79. The van der Waals surface area contributed by atoms with Crippen LogP contribution in [-0.2, 0) is 11.0 Å². The molecule has 28 heavy (non-hydrogen) atoms. The molecule has 0 aliphatic rings. The van der Waals surface area contributed by atoms with Gasteiger partial charge < -0.3 is 10.2 Å². The summed E-state index contributed by atoms with van der Waals surface area (Å²) in [6.45, 7) is -0.273. The Labute approximate surface area is 162 Å². The van der Waals surface area contributed by atoms with Gasteiger partial charge in [-0.1, -0.05) is 17.7 Å². The molecule has 0 unspecified atom stereocenters. The summed E-state index contributed by atoms with van der Waals surface area (Å²) in [5.41, 5.74) is -0.747. The number of halogens is 5. The van der Waals surface area contributed by atoms with Crippen molar-refractivity contribution in [1.82, 2.24) is 9.97 Å². The zero-order valence-corrected chi connectivity index (χ0v) is 15.1. The van der Waals surface area contributed by atoms with E-state index in [-0.39, 0.29) is 23.4 Å². The van der Waals surface area contributed by atoms with Gasteiger partial charge in [0.2, 0.25) is 5.91 Å². The van der Waals surface area contributed by atoms with Crippen LogP contribution >= 0.6 is 11.6 Å². The average Bonchev–Trinajstić information content (AvgIpc) is 2.62. The largest absolute Gasteiger partial charge is 0.417 e. The zero-order chi connectivity index (χ0) is 20.5. The lowest BCUT2D eigenvalue weighted by atomic mass is 10.2. The number of fused-ring (bicyclic) bond motifs is 1. The fourth-order valence-electron chi connectivity index (χ4n) is 2.65. The Morgan fingerprint density at radius 2 is 1.96 bits per heavy atom. The molecule has 3 aromatic rings. The number of carbonyl (C=O) groups is 1. The number of anilines is 2. The summed E-state index contributed by atoms with van der Waals surface area (Å²) < 4.78 is 52.9. The second kappa shape index (κ2) is 7.59. The third-order valence-corrected chi connectivity index (χ3v) is 4.22. The first kappa shape index (κ1) is 19.8. The third kappa shape index (κ3) is 4.14. The van der Waals surface area contributed by atoms with Gasteiger partial charge in [0.15, 0.2) is 0 Å². The van der Waals surface area contributed by atoms with Crippen LogP contribution in [0.3, 0.4) is 0 Å². The SMILES string of the molecule is CN(CC(=O)Nc1ccc(Cl)c(C(F)(F)F)c1)c1ncnc2cccc(F)c12. The molecule has 0 aliphatic carbocycles. The van der Waals surface area contributed by atoms with Crippen LogP contribution in [0.25, 0.3) is 10.9 Å². The summed E-state index contributed by atoms with van der Waals surface area (Å²) in [6, 6.07) is 7.41. The maximum atomic E-state index is 14.2. The molecular weight excluding hydrogens is 400 g/mol. The highest BCUT2D eigenvalue weighted by Gasteiger charge is 2.33. The molecule has 0 bridgehead atoms. The maximum absolute atomic E-state index is 14.2. The van der Waals surface area contributed by atoms with Crippen molar-refractivity contribution in [2.45, 2.75) is 6.18 Å². The Kier molecular flexibility index (Phi) is 5.37. The van der Waals surface area contributed by atoms with Crippen molar-refractivity contribution < 1.29 is 22.4 Å².